The molecule has 0 bridgehead atoms. The molecular weight excluding hydrogens is 221 g/mol. The summed E-state index contributed by atoms with van der Waals surface area (Å²) >= 11 is 0. The summed E-state index contributed by atoms with van der Waals surface area (Å²) in [4.78, 5) is 11.2. The molecule has 0 spiro atoms. The van der Waals surface area contributed by atoms with E-state index in [9.17, 15) is 9.18 Å². The maximum atomic E-state index is 12.8. The third-order valence-corrected chi connectivity index (χ3v) is 2.88. The maximum absolute atomic E-state index is 12.8. The Morgan fingerprint density at radius 1 is 1.41 bits per heavy atom. The fraction of sp³-hybridized carbons (Fsp3) is 0.462. The molecule has 0 heterocycles. The molecule has 1 aromatic carbocycles. The number of carbonyl (C=O) groups excluding carboxylic acids is 1. The van der Waals surface area contributed by atoms with Gasteiger partial charge in [0, 0.05) is 0 Å². The van der Waals surface area contributed by atoms with E-state index in [4.69, 9.17) is 5.73 Å². The highest BCUT2D eigenvalue weighted by Gasteiger charge is 2.20. The summed E-state index contributed by atoms with van der Waals surface area (Å²) in [6.45, 7) is 2.01. The van der Waals surface area contributed by atoms with Crippen LogP contribution in [0.15, 0.2) is 24.3 Å². The zero-order valence-electron chi connectivity index (χ0n) is 10.2. The zero-order valence-corrected chi connectivity index (χ0v) is 10.2. The number of methoxy groups -OCH3 is 1. The highest BCUT2D eigenvalue weighted by molar-refractivity contribution is 5.75. The molecule has 1 aromatic rings. The Balaban J connectivity index is 2.71. The first-order valence-electron chi connectivity index (χ1n) is 5.67. The van der Waals surface area contributed by atoms with Crippen LogP contribution < -0.4 is 5.73 Å². The lowest BCUT2D eigenvalue weighted by Crippen LogP contribution is -2.33. The van der Waals surface area contributed by atoms with E-state index >= 15 is 0 Å². The van der Waals surface area contributed by atoms with E-state index in [1.54, 1.807) is 12.1 Å². The summed E-state index contributed by atoms with van der Waals surface area (Å²) in [6.07, 6.45) is 1.35. The van der Waals surface area contributed by atoms with Gasteiger partial charge in [0.2, 0.25) is 0 Å². The minimum atomic E-state index is -0.630. The van der Waals surface area contributed by atoms with Gasteiger partial charge in [-0.3, -0.25) is 4.79 Å². The topological polar surface area (TPSA) is 52.3 Å². The minimum Gasteiger partial charge on any atom is -0.468 e. The lowest BCUT2D eigenvalue weighted by atomic mass is 9.90. The molecule has 1 rings (SSSR count). The molecule has 0 aliphatic carbocycles. The molecule has 0 saturated carbocycles. The van der Waals surface area contributed by atoms with Crippen molar-refractivity contribution in [2.24, 2.45) is 5.73 Å². The molecular formula is C13H18FNO2. The fourth-order valence-electron chi connectivity index (χ4n) is 1.83. The second kappa shape index (κ2) is 6.35. The van der Waals surface area contributed by atoms with Crippen LogP contribution in [-0.2, 0) is 9.53 Å². The van der Waals surface area contributed by atoms with Crippen LogP contribution in [0.5, 0.6) is 0 Å². The van der Waals surface area contributed by atoms with Crippen LogP contribution in [0.3, 0.4) is 0 Å². The van der Waals surface area contributed by atoms with Crippen LogP contribution in [-0.4, -0.2) is 19.1 Å². The molecule has 2 unspecified atom stereocenters. The van der Waals surface area contributed by atoms with Crippen molar-refractivity contribution in [1.82, 2.24) is 0 Å². The van der Waals surface area contributed by atoms with E-state index in [0.29, 0.717) is 6.42 Å². The van der Waals surface area contributed by atoms with Gasteiger partial charge in [-0.15, -0.1) is 0 Å². The average molecular weight is 239 g/mol. The van der Waals surface area contributed by atoms with Gasteiger partial charge in [0.05, 0.1) is 7.11 Å². The molecule has 0 saturated heterocycles. The number of ether oxygens (including phenoxy) is 1. The van der Waals surface area contributed by atoms with E-state index in [1.807, 2.05) is 6.92 Å². The van der Waals surface area contributed by atoms with Gasteiger partial charge in [-0.2, -0.15) is 0 Å². The van der Waals surface area contributed by atoms with Gasteiger partial charge < -0.3 is 10.5 Å². The highest BCUT2D eigenvalue weighted by Crippen LogP contribution is 2.24. The first kappa shape index (κ1) is 13.6. The Kier molecular flexibility index (Phi) is 5.10. The molecule has 0 aliphatic heterocycles. The van der Waals surface area contributed by atoms with Crippen molar-refractivity contribution < 1.29 is 13.9 Å². The summed E-state index contributed by atoms with van der Waals surface area (Å²) < 4.78 is 17.4. The van der Waals surface area contributed by atoms with Crippen LogP contribution in [0.2, 0.25) is 0 Å². The van der Waals surface area contributed by atoms with Crippen molar-refractivity contribution in [3.8, 4) is 0 Å². The minimum absolute atomic E-state index is 0.143. The fourth-order valence-corrected chi connectivity index (χ4v) is 1.83. The second-order valence-corrected chi connectivity index (χ2v) is 4.02. The Morgan fingerprint density at radius 2 is 2.00 bits per heavy atom. The number of benzene rings is 1. The standard InChI is InChI=1S/C13H18FNO2/c1-3-9(8-12(15)13(16)17-2)10-4-6-11(14)7-5-10/h4-7,9,12H,3,8,15H2,1-2H3. The smallest absolute Gasteiger partial charge is 0.322 e. The van der Waals surface area contributed by atoms with Crippen molar-refractivity contribution in [3.63, 3.8) is 0 Å². The predicted octanol–water partition coefficient (Wildman–Crippen LogP) is 2.21. The van der Waals surface area contributed by atoms with E-state index in [2.05, 4.69) is 4.74 Å². The number of hydrogen-bond acceptors (Lipinski definition) is 3. The van der Waals surface area contributed by atoms with Gasteiger partial charge in [-0.1, -0.05) is 19.1 Å². The van der Waals surface area contributed by atoms with Crippen LogP contribution in [0.25, 0.3) is 0 Å². The normalized spacial score (nSPS) is 14.1. The van der Waals surface area contributed by atoms with Crippen molar-refractivity contribution in [1.29, 1.82) is 0 Å². The third-order valence-electron chi connectivity index (χ3n) is 2.88. The van der Waals surface area contributed by atoms with Gasteiger partial charge in [0.1, 0.15) is 11.9 Å². The molecule has 17 heavy (non-hydrogen) atoms. The van der Waals surface area contributed by atoms with Crippen molar-refractivity contribution >= 4 is 5.97 Å². The van der Waals surface area contributed by atoms with Gasteiger partial charge >= 0.3 is 5.97 Å². The van der Waals surface area contributed by atoms with Crippen LogP contribution in [0, 0.1) is 5.82 Å². The summed E-state index contributed by atoms with van der Waals surface area (Å²) in [7, 11) is 1.32. The quantitative estimate of drug-likeness (QED) is 0.801. The summed E-state index contributed by atoms with van der Waals surface area (Å²) in [5, 5.41) is 0. The average Bonchev–Trinajstić information content (AvgIpc) is 2.35. The van der Waals surface area contributed by atoms with Gasteiger partial charge in [0.25, 0.3) is 0 Å². The molecule has 4 heteroatoms. The van der Waals surface area contributed by atoms with Crippen LogP contribution in [0.4, 0.5) is 4.39 Å². The number of carbonyl (C=O) groups is 1. The number of rotatable bonds is 5. The molecule has 2 atom stereocenters. The van der Waals surface area contributed by atoms with Gasteiger partial charge in [0.15, 0.2) is 0 Å². The lowest BCUT2D eigenvalue weighted by molar-refractivity contribution is -0.142. The third kappa shape index (κ3) is 3.82. The van der Waals surface area contributed by atoms with E-state index in [-0.39, 0.29) is 11.7 Å². The Bertz CT molecular complexity index is 364. The molecule has 0 amide bonds. The number of esters is 1. The first-order valence-corrected chi connectivity index (χ1v) is 5.67. The van der Waals surface area contributed by atoms with E-state index < -0.39 is 12.0 Å². The van der Waals surface area contributed by atoms with Gasteiger partial charge in [-0.25, -0.2) is 4.39 Å². The molecule has 3 nitrogen and oxygen atoms in total. The highest BCUT2D eigenvalue weighted by atomic mass is 19.1. The summed E-state index contributed by atoms with van der Waals surface area (Å²) in [5.74, 6) is -0.531. The molecule has 0 aliphatic rings. The molecule has 0 aromatic heterocycles. The Hall–Kier alpha value is -1.42. The second-order valence-electron chi connectivity index (χ2n) is 4.02. The summed E-state index contributed by atoms with van der Waals surface area (Å²) in [6, 6.07) is 5.67. The van der Waals surface area contributed by atoms with Crippen LogP contribution >= 0.6 is 0 Å². The number of halogens is 1. The lowest BCUT2D eigenvalue weighted by Gasteiger charge is -2.18. The zero-order chi connectivity index (χ0) is 12.8. The molecule has 94 valence electrons. The first-order chi connectivity index (χ1) is 8.08. The molecule has 0 radical (unpaired) electrons. The monoisotopic (exact) mass is 239 g/mol. The van der Waals surface area contributed by atoms with E-state index in [1.165, 1.54) is 19.2 Å². The van der Waals surface area contributed by atoms with Crippen molar-refractivity contribution in [2.75, 3.05) is 7.11 Å². The molecule has 0 fully saturated rings. The molecule has 2 N–H and O–H groups in total. The van der Waals surface area contributed by atoms with Crippen molar-refractivity contribution in [3.05, 3.63) is 35.6 Å². The predicted molar refractivity (Wildman–Crippen MR) is 64.0 cm³/mol. The number of hydrogen-bond donors (Lipinski definition) is 1. The van der Waals surface area contributed by atoms with Crippen LogP contribution in [0.1, 0.15) is 31.2 Å². The van der Waals surface area contributed by atoms with Gasteiger partial charge in [-0.05, 0) is 36.5 Å². The Morgan fingerprint density at radius 3 is 2.47 bits per heavy atom. The number of nitrogens with two attached hydrogens (primary N) is 1. The SMILES string of the molecule is CCC(CC(N)C(=O)OC)c1ccc(F)cc1. The Labute approximate surface area is 101 Å². The summed E-state index contributed by atoms with van der Waals surface area (Å²) in [5.41, 5.74) is 6.72. The largest absolute Gasteiger partial charge is 0.468 e. The van der Waals surface area contributed by atoms with Crippen molar-refractivity contribution in [2.45, 2.75) is 31.7 Å². The van der Waals surface area contributed by atoms with E-state index in [0.717, 1.165) is 12.0 Å². The maximum Gasteiger partial charge on any atom is 0.322 e.